The Morgan fingerprint density at radius 3 is 1.36 bits per heavy atom. The standard InChI is InChI=1S/C14H28/c1-6-11-12(7-2)14(9-4,10-5)13(11)8-3/h11-13H,6-10H2,1-5H3. The van der Waals surface area contributed by atoms with Gasteiger partial charge < -0.3 is 0 Å². The van der Waals surface area contributed by atoms with Gasteiger partial charge in [0.05, 0.1) is 0 Å². The van der Waals surface area contributed by atoms with Crippen LogP contribution in [0.15, 0.2) is 0 Å². The summed E-state index contributed by atoms with van der Waals surface area (Å²) in [7, 11) is 0. The molecule has 0 nitrogen and oxygen atoms in total. The Bertz CT molecular complexity index is 153. The molecule has 0 aromatic heterocycles. The van der Waals surface area contributed by atoms with Gasteiger partial charge in [-0.25, -0.2) is 0 Å². The van der Waals surface area contributed by atoms with Gasteiger partial charge >= 0.3 is 0 Å². The summed E-state index contributed by atoms with van der Waals surface area (Å²) in [4.78, 5) is 0. The molecule has 0 spiro atoms. The van der Waals surface area contributed by atoms with Crippen LogP contribution in [0.2, 0.25) is 0 Å². The molecule has 0 aliphatic heterocycles. The predicted molar refractivity (Wildman–Crippen MR) is 64.4 cm³/mol. The maximum atomic E-state index is 2.40. The topological polar surface area (TPSA) is 0 Å². The van der Waals surface area contributed by atoms with Gasteiger partial charge in [0.25, 0.3) is 0 Å². The van der Waals surface area contributed by atoms with E-state index in [1.165, 1.54) is 32.1 Å². The molecule has 1 fully saturated rings. The van der Waals surface area contributed by atoms with Crippen molar-refractivity contribution in [2.45, 2.75) is 66.7 Å². The van der Waals surface area contributed by atoms with E-state index < -0.39 is 0 Å². The van der Waals surface area contributed by atoms with Crippen molar-refractivity contribution in [2.75, 3.05) is 0 Å². The molecule has 0 heteroatoms. The highest BCUT2D eigenvalue weighted by Gasteiger charge is 2.56. The van der Waals surface area contributed by atoms with E-state index in [9.17, 15) is 0 Å². The second-order valence-electron chi connectivity index (χ2n) is 5.04. The first-order valence-electron chi connectivity index (χ1n) is 6.71. The minimum absolute atomic E-state index is 0.712. The van der Waals surface area contributed by atoms with E-state index in [0.29, 0.717) is 5.41 Å². The van der Waals surface area contributed by atoms with Crippen molar-refractivity contribution in [1.29, 1.82) is 0 Å². The molecule has 2 unspecified atom stereocenters. The lowest BCUT2D eigenvalue weighted by atomic mass is 9.43. The maximum absolute atomic E-state index is 2.40. The van der Waals surface area contributed by atoms with E-state index in [1.54, 1.807) is 0 Å². The van der Waals surface area contributed by atoms with Gasteiger partial charge in [0.2, 0.25) is 0 Å². The molecule has 0 N–H and O–H groups in total. The van der Waals surface area contributed by atoms with Crippen molar-refractivity contribution in [3.63, 3.8) is 0 Å². The average Bonchev–Trinajstić information content (AvgIpc) is 2.20. The highest BCUT2D eigenvalue weighted by molar-refractivity contribution is 5.04. The van der Waals surface area contributed by atoms with E-state index in [-0.39, 0.29) is 0 Å². The molecule has 1 aliphatic carbocycles. The summed E-state index contributed by atoms with van der Waals surface area (Å²) < 4.78 is 0. The molecule has 0 amide bonds. The van der Waals surface area contributed by atoms with Crippen molar-refractivity contribution >= 4 is 0 Å². The van der Waals surface area contributed by atoms with Crippen LogP contribution in [-0.2, 0) is 0 Å². The third-order valence-electron chi connectivity index (χ3n) is 5.18. The lowest BCUT2D eigenvalue weighted by Gasteiger charge is -2.62. The summed E-state index contributed by atoms with van der Waals surface area (Å²) in [5.74, 6) is 3.07. The Kier molecular flexibility index (Phi) is 4.04. The van der Waals surface area contributed by atoms with Gasteiger partial charge in [0.15, 0.2) is 0 Å². The van der Waals surface area contributed by atoms with Crippen LogP contribution < -0.4 is 0 Å². The van der Waals surface area contributed by atoms with Crippen molar-refractivity contribution in [3.05, 3.63) is 0 Å². The molecule has 0 aromatic carbocycles. The third kappa shape index (κ3) is 1.42. The molecular weight excluding hydrogens is 168 g/mol. The summed E-state index contributed by atoms with van der Waals surface area (Å²) in [6.45, 7) is 12.0. The fraction of sp³-hybridized carbons (Fsp3) is 1.00. The van der Waals surface area contributed by atoms with Crippen LogP contribution in [-0.4, -0.2) is 0 Å². The highest BCUT2D eigenvalue weighted by Crippen LogP contribution is 2.63. The fourth-order valence-corrected chi connectivity index (χ4v) is 4.58. The molecule has 0 saturated heterocycles. The lowest BCUT2D eigenvalue weighted by Crippen LogP contribution is -2.55. The number of rotatable bonds is 5. The van der Waals surface area contributed by atoms with Gasteiger partial charge in [-0.3, -0.25) is 0 Å². The fourth-order valence-electron chi connectivity index (χ4n) is 4.58. The third-order valence-corrected chi connectivity index (χ3v) is 5.18. The van der Waals surface area contributed by atoms with Crippen LogP contribution >= 0.6 is 0 Å². The van der Waals surface area contributed by atoms with Crippen LogP contribution in [0.5, 0.6) is 0 Å². The summed E-state index contributed by atoms with van der Waals surface area (Å²) in [5, 5.41) is 0. The SMILES string of the molecule is CCC1C(CC)C(CC)(CC)C1CC. The first-order chi connectivity index (χ1) is 6.71. The van der Waals surface area contributed by atoms with Crippen LogP contribution in [0, 0.1) is 23.2 Å². The summed E-state index contributed by atoms with van der Waals surface area (Å²) in [6.07, 6.45) is 7.00. The minimum atomic E-state index is 0.712. The largest absolute Gasteiger partial charge is 0.0651 e. The summed E-state index contributed by atoms with van der Waals surface area (Å²) in [5.41, 5.74) is 0.712. The van der Waals surface area contributed by atoms with E-state index in [4.69, 9.17) is 0 Å². The van der Waals surface area contributed by atoms with Crippen molar-refractivity contribution in [1.82, 2.24) is 0 Å². The molecule has 1 aliphatic rings. The zero-order valence-electron chi connectivity index (χ0n) is 10.8. The van der Waals surface area contributed by atoms with Gasteiger partial charge in [-0.1, -0.05) is 53.9 Å². The molecular formula is C14H28. The van der Waals surface area contributed by atoms with Gasteiger partial charge in [0, 0.05) is 0 Å². The highest BCUT2D eigenvalue weighted by atomic mass is 14.6. The molecule has 84 valence electrons. The minimum Gasteiger partial charge on any atom is -0.0651 e. The predicted octanol–water partition coefficient (Wildman–Crippen LogP) is 4.89. The van der Waals surface area contributed by atoms with E-state index in [2.05, 4.69) is 34.6 Å². The molecule has 1 rings (SSSR count). The van der Waals surface area contributed by atoms with Crippen LogP contribution in [0.3, 0.4) is 0 Å². The van der Waals surface area contributed by atoms with Crippen LogP contribution in [0.1, 0.15) is 66.7 Å². The average molecular weight is 196 g/mol. The number of hydrogen-bond acceptors (Lipinski definition) is 0. The molecule has 0 radical (unpaired) electrons. The molecule has 14 heavy (non-hydrogen) atoms. The number of hydrogen-bond donors (Lipinski definition) is 0. The lowest BCUT2D eigenvalue weighted by molar-refractivity contribution is -0.135. The van der Waals surface area contributed by atoms with E-state index in [1.807, 2.05) is 0 Å². The first kappa shape index (κ1) is 12.1. The van der Waals surface area contributed by atoms with Crippen molar-refractivity contribution in [3.8, 4) is 0 Å². The summed E-state index contributed by atoms with van der Waals surface area (Å²) in [6, 6.07) is 0. The van der Waals surface area contributed by atoms with Gasteiger partial charge in [-0.2, -0.15) is 0 Å². The second kappa shape index (κ2) is 4.68. The summed E-state index contributed by atoms with van der Waals surface area (Å²) >= 11 is 0. The Labute approximate surface area is 90.5 Å². The second-order valence-corrected chi connectivity index (χ2v) is 5.04. The Hall–Kier alpha value is 0. The molecule has 0 bridgehead atoms. The zero-order valence-corrected chi connectivity index (χ0v) is 10.8. The first-order valence-corrected chi connectivity index (χ1v) is 6.71. The molecule has 0 heterocycles. The Morgan fingerprint density at radius 2 is 1.14 bits per heavy atom. The monoisotopic (exact) mass is 196 g/mol. The van der Waals surface area contributed by atoms with Crippen LogP contribution in [0.25, 0.3) is 0 Å². The van der Waals surface area contributed by atoms with Gasteiger partial charge in [0.1, 0.15) is 0 Å². The Morgan fingerprint density at radius 1 is 0.714 bits per heavy atom. The van der Waals surface area contributed by atoms with Gasteiger partial charge in [-0.05, 0) is 36.0 Å². The normalized spacial score (nSPS) is 35.4. The van der Waals surface area contributed by atoms with Crippen molar-refractivity contribution < 1.29 is 0 Å². The molecule has 0 aromatic rings. The van der Waals surface area contributed by atoms with Crippen molar-refractivity contribution in [2.24, 2.45) is 23.2 Å². The van der Waals surface area contributed by atoms with Gasteiger partial charge in [-0.15, -0.1) is 0 Å². The van der Waals surface area contributed by atoms with E-state index >= 15 is 0 Å². The van der Waals surface area contributed by atoms with Crippen LogP contribution in [0.4, 0.5) is 0 Å². The smallest absolute Gasteiger partial charge is 0.0241 e. The quantitative estimate of drug-likeness (QED) is 0.587. The molecule has 2 atom stereocenters. The zero-order chi connectivity index (χ0) is 10.8. The Balaban J connectivity index is 2.82. The van der Waals surface area contributed by atoms with E-state index in [0.717, 1.165) is 17.8 Å². The molecule has 1 saturated carbocycles. The maximum Gasteiger partial charge on any atom is -0.0241 e.